The fourth-order valence-corrected chi connectivity index (χ4v) is 6.94. The van der Waals surface area contributed by atoms with E-state index in [-0.39, 0.29) is 11.8 Å². The molecule has 0 bridgehead atoms. The molecule has 6 nitrogen and oxygen atoms in total. The van der Waals surface area contributed by atoms with Crippen LogP contribution in [0.25, 0.3) is 0 Å². The van der Waals surface area contributed by atoms with Crippen molar-refractivity contribution in [3.8, 4) is 0 Å². The van der Waals surface area contributed by atoms with Crippen molar-refractivity contribution in [1.82, 2.24) is 4.90 Å². The normalized spacial score (nSPS) is 12.7. The van der Waals surface area contributed by atoms with Crippen LogP contribution in [0.4, 0.5) is 11.4 Å². The molecule has 2 N–H and O–H groups in total. The van der Waals surface area contributed by atoms with E-state index in [2.05, 4.69) is 88.3 Å². The van der Waals surface area contributed by atoms with Gasteiger partial charge in [0.1, 0.15) is 0 Å². The molecular weight excluding hydrogens is 580 g/mol. The molecule has 1 atom stereocenters. The molecule has 6 heteroatoms. The van der Waals surface area contributed by atoms with Gasteiger partial charge in [-0.15, -0.1) is 0 Å². The van der Waals surface area contributed by atoms with Gasteiger partial charge in [-0.25, -0.2) is 0 Å². The maximum absolute atomic E-state index is 13.2. The number of quaternary nitrogens is 1. The maximum atomic E-state index is 13.2. The van der Waals surface area contributed by atoms with E-state index >= 15 is 0 Å². The number of hydrogen-bond acceptors (Lipinski definition) is 3. The Hall–Kier alpha value is -2.70. The molecule has 264 valence electrons. The van der Waals surface area contributed by atoms with Crippen molar-refractivity contribution in [2.45, 2.75) is 132 Å². The molecule has 2 aromatic rings. The van der Waals surface area contributed by atoms with E-state index in [1.807, 2.05) is 12.1 Å². The SMILES string of the molecule is CCCCCCCCN(CCCCCCCC[N+](CC)(CCC)CC(=O)Nc1c(C)cccc1C)CC(=O)Nc1c(C)cccc1C. The van der Waals surface area contributed by atoms with E-state index in [0.29, 0.717) is 13.1 Å². The van der Waals surface area contributed by atoms with E-state index in [0.717, 1.165) is 96.5 Å². The third-order valence-corrected chi connectivity index (χ3v) is 9.89. The van der Waals surface area contributed by atoms with Crippen molar-refractivity contribution in [1.29, 1.82) is 0 Å². The summed E-state index contributed by atoms with van der Waals surface area (Å²) in [5, 5.41) is 6.43. The number of nitrogens with one attached hydrogen (secondary N) is 2. The van der Waals surface area contributed by atoms with Crippen molar-refractivity contribution in [2.24, 2.45) is 0 Å². The van der Waals surface area contributed by atoms with Gasteiger partial charge in [0.15, 0.2) is 6.54 Å². The molecule has 0 fully saturated rings. The van der Waals surface area contributed by atoms with Crippen LogP contribution >= 0.6 is 0 Å². The fourth-order valence-electron chi connectivity index (χ4n) is 6.94. The molecule has 0 aliphatic heterocycles. The van der Waals surface area contributed by atoms with E-state index in [1.165, 1.54) is 57.8 Å². The van der Waals surface area contributed by atoms with Crippen LogP contribution in [-0.4, -0.2) is 67.0 Å². The molecule has 47 heavy (non-hydrogen) atoms. The molecule has 2 amide bonds. The highest BCUT2D eigenvalue weighted by atomic mass is 16.2. The van der Waals surface area contributed by atoms with Crippen LogP contribution in [0.5, 0.6) is 0 Å². The fraction of sp³-hybridized carbons (Fsp3) is 0.659. The lowest BCUT2D eigenvalue weighted by molar-refractivity contribution is -0.919. The van der Waals surface area contributed by atoms with Crippen molar-refractivity contribution < 1.29 is 14.1 Å². The highest BCUT2D eigenvalue weighted by Crippen LogP contribution is 2.21. The van der Waals surface area contributed by atoms with Gasteiger partial charge < -0.3 is 15.1 Å². The Morgan fingerprint density at radius 1 is 0.574 bits per heavy atom. The second-order valence-corrected chi connectivity index (χ2v) is 14.1. The third-order valence-electron chi connectivity index (χ3n) is 9.89. The molecule has 0 saturated carbocycles. The first kappa shape index (κ1) is 40.5. The predicted molar refractivity (Wildman–Crippen MR) is 202 cm³/mol. The zero-order valence-electron chi connectivity index (χ0n) is 31.3. The number of para-hydroxylation sites is 2. The lowest BCUT2D eigenvalue weighted by Crippen LogP contribution is -2.53. The summed E-state index contributed by atoms with van der Waals surface area (Å²) in [6.45, 7) is 21.1. The first-order valence-electron chi connectivity index (χ1n) is 18.9. The number of anilines is 2. The predicted octanol–water partition coefficient (Wildman–Crippen LogP) is 9.75. The number of nitrogens with zero attached hydrogens (tertiary/aromatic N) is 2. The third kappa shape index (κ3) is 15.4. The number of carbonyl (C=O) groups excluding carboxylic acids is 2. The highest BCUT2D eigenvalue weighted by molar-refractivity contribution is 5.94. The summed E-state index contributed by atoms with van der Waals surface area (Å²) < 4.78 is 0.866. The second kappa shape index (κ2) is 22.8. The molecule has 0 aliphatic carbocycles. The minimum atomic E-state index is 0.0979. The lowest BCUT2D eigenvalue weighted by Gasteiger charge is -2.37. The van der Waals surface area contributed by atoms with Gasteiger partial charge in [0.05, 0.1) is 26.2 Å². The molecule has 0 aliphatic rings. The van der Waals surface area contributed by atoms with Gasteiger partial charge in [0, 0.05) is 11.4 Å². The average molecular weight is 650 g/mol. The van der Waals surface area contributed by atoms with Crippen LogP contribution in [0.2, 0.25) is 0 Å². The van der Waals surface area contributed by atoms with Crippen molar-refractivity contribution in [2.75, 3.05) is 56.4 Å². The van der Waals surface area contributed by atoms with E-state index in [4.69, 9.17) is 0 Å². The Kier molecular flexibility index (Phi) is 19.6. The number of amides is 2. The molecular formula is C41H69N4O2+. The smallest absolute Gasteiger partial charge is 0.279 e. The Morgan fingerprint density at radius 3 is 1.49 bits per heavy atom. The minimum Gasteiger partial charge on any atom is -0.324 e. The van der Waals surface area contributed by atoms with E-state index in [9.17, 15) is 9.59 Å². The first-order valence-corrected chi connectivity index (χ1v) is 18.9. The number of likely N-dealkylation sites (N-methyl/N-ethyl adjacent to an activating group) is 1. The van der Waals surface area contributed by atoms with E-state index in [1.54, 1.807) is 0 Å². The van der Waals surface area contributed by atoms with Crippen LogP contribution in [0.3, 0.4) is 0 Å². The van der Waals surface area contributed by atoms with Crippen molar-refractivity contribution >= 4 is 23.2 Å². The summed E-state index contributed by atoms with van der Waals surface area (Å²) in [7, 11) is 0. The zero-order chi connectivity index (χ0) is 34.5. The molecule has 0 heterocycles. The average Bonchev–Trinajstić information content (AvgIpc) is 3.03. The van der Waals surface area contributed by atoms with Gasteiger partial charge >= 0.3 is 0 Å². The topological polar surface area (TPSA) is 61.4 Å². The quantitative estimate of drug-likeness (QED) is 0.0832. The number of hydrogen-bond donors (Lipinski definition) is 2. The standard InChI is InChI=1S/C41H68N4O2/c1-8-11-12-13-16-19-28-44(32-38(46)42-40-34(4)24-22-25-35(40)5)29-20-17-14-15-18-21-31-45(10-3,30-9-2)33-39(47)43-41-36(6)26-23-27-37(41)7/h22-27H,8-21,28-33H2,1-7H3,(H-,42,43,46,47)/p+1. The van der Waals surface area contributed by atoms with Crippen LogP contribution < -0.4 is 10.6 Å². The van der Waals surface area contributed by atoms with Crippen LogP contribution in [-0.2, 0) is 9.59 Å². The Balaban J connectivity index is 1.78. The molecule has 0 spiro atoms. The molecule has 0 radical (unpaired) electrons. The summed E-state index contributed by atoms with van der Waals surface area (Å²) in [6.07, 6.45) is 15.9. The Morgan fingerprint density at radius 2 is 1.02 bits per heavy atom. The second-order valence-electron chi connectivity index (χ2n) is 14.1. The van der Waals surface area contributed by atoms with E-state index < -0.39 is 0 Å². The summed E-state index contributed by atoms with van der Waals surface area (Å²) in [5.74, 6) is 0.228. The van der Waals surface area contributed by atoms with Crippen molar-refractivity contribution in [3.05, 3.63) is 58.7 Å². The van der Waals surface area contributed by atoms with Crippen molar-refractivity contribution in [3.63, 3.8) is 0 Å². The first-order chi connectivity index (χ1) is 22.6. The molecule has 2 rings (SSSR count). The zero-order valence-corrected chi connectivity index (χ0v) is 31.3. The number of unbranched alkanes of at least 4 members (excludes halogenated alkanes) is 10. The summed E-state index contributed by atoms with van der Waals surface area (Å²) in [6, 6.07) is 12.3. The van der Waals surface area contributed by atoms with Gasteiger partial charge in [-0.1, -0.05) is 102 Å². The van der Waals surface area contributed by atoms with Gasteiger partial charge in [-0.05, 0) is 102 Å². The van der Waals surface area contributed by atoms with Gasteiger partial charge in [-0.2, -0.15) is 0 Å². The minimum absolute atomic E-state index is 0.0979. The number of aryl methyl sites for hydroxylation is 4. The summed E-state index contributed by atoms with van der Waals surface area (Å²) >= 11 is 0. The molecule has 1 unspecified atom stereocenters. The maximum Gasteiger partial charge on any atom is 0.279 e. The van der Waals surface area contributed by atoms with Crippen LogP contribution in [0.1, 0.15) is 126 Å². The summed E-state index contributed by atoms with van der Waals surface area (Å²) in [5.41, 5.74) is 6.40. The van der Waals surface area contributed by atoms with Gasteiger partial charge in [-0.3, -0.25) is 14.5 Å². The monoisotopic (exact) mass is 650 g/mol. The summed E-state index contributed by atoms with van der Waals surface area (Å²) in [4.78, 5) is 28.6. The number of carbonyl (C=O) groups is 2. The highest BCUT2D eigenvalue weighted by Gasteiger charge is 2.28. The molecule has 0 saturated heterocycles. The molecule has 2 aromatic carbocycles. The van der Waals surface area contributed by atoms with Gasteiger partial charge in [0.25, 0.3) is 5.91 Å². The largest absolute Gasteiger partial charge is 0.324 e. The Bertz CT molecular complexity index is 1160. The van der Waals surface area contributed by atoms with Gasteiger partial charge in [0.2, 0.25) is 5.91 Å². The molecule has 0 aromatic heterocycles. The number of rotatable bonds is 25. The number of benzene rings is 2. The lowest BCUT2D eigenvalue weighted by atomic mass is 10.1. The Labute approximate surface area is 288 Å². The van der Waals surface area contributed by atoms with Crippen LogP contribution in [0.15, 0.2) is 36.4 Å². The van der Waals surface area contributed by atoms with Crippen LogP contribution in [0, 0.1) is 27.7 Å².